The molecule has 3 fully saturated rings. The summed E-state index contributed by atoms with van der Waals surface area (Å²) in [7, 11) is 2.88. The van der Waals surface area contributed by atoms with E-state index in [2.05, 4.69) is 63.8 Å². The molecule has 4 aromatic rings. The van der Waals surface area contributed by atoms with Crippen LogP contribution in [0.3, 0.4) is 0 Å². The minimum Gasteiger partial charge on any atom is -0.469 e. The predicted octanol–water partition coefficient (Wildman–Crippen LogP) is 7.74. The average molecular weight is 769 g/mol. The third-order valence-electron chi connectivity index (χ3n) is 13.0. The fraction of sp³-hybridized carbons (Fsp3) is 0.435. The molecule has 0 radical (unpaired) electrons. The number of benzene rings is 2. The van der Waals surface area contributed by atoms with Gasteiger partial charge in [0.1, 0.15) is 5.82 Å². The highest BCUT2D eigenvalue weighted by Gasteiger charge is 2.53. The van der Waals surface area contributed by atoms with Crippen LogP contribution in [0.2, 0.25) is 0 Å². The number of aliphatic imine (C=N–C) groups is 1. The van der Waals surface area contributed by atoms with Gasteiger partial charge in [0.05, 0.1) is 49.5 Å². The van der Waals surface area contributed by atoms with Gasteiger partial charge in [-0.15, -0.1) is 0 Å². The molecule has 2 aromatic heterocycles. The number of carbonyl (C=O) groups is 3. The van der Waals surface area contributed by atoms with Crippen molar-refractivity contribution in [3.8, 4) is 22.4 Å². The molecule has 8 atom stereocenters. The molecule has 8 rings (SSSR count). The number of aromatic nitrogens is 3. The van der Waals surface area contributed by atoms with Crippen molar-refractivity contribution in [2.45, 2.75) is 77.0 Å². The summed E-state index contributed by atoms with van der Waals surface area (Å²) in [4.78, 5) is 58.8. The zero-order chi connectivity index (χ0) is 39.6. The predicted molar refractivity (Wildman–Crippen MR) is 218 cm³/mol. The van der Waals surface area contributed by atoms with Crippen LogP contribution < -0.4 is 5.32 Å². The number of aromatic amines is 1. The number of amides is 2. The third-order valence-corrected chi connectivity index (χ3v) is 13.0. The number of hydrogen-bond donors (Lipinski definition) is 2. The summed E-state index contributed by atoms with van der Waals surface area (Å²) in [5, 5.41) is 3.30. The van der Waals surface area contributed by atoms with Crippen LogP contribution in [0.5, 0.6) is 0 Å². The topological polar surface area (TPSA) is 139 Å². The van der Waals surface area contributed by atoms with Crippen LogP contribution >= 0.6 is 0 Å². The molecular formula is C46H52N6O5. The molecule has 0 spiro atoms. The van der Waals surface area contributed by atoms with Crippen molar-refractivity contribution in [2.24, 2.45) is 34.6 Å². The van der Waals surface area contributed by atoms with E-state index in [1.165, 1.54) is 19.1 Å². The van der Waals surface area contributed by atoms with Crippen LogP contribution in [0.4, 0.5) is 0 Å². The van der Waals surface area contributed by atoms with Crippen molar-refractivity contribution in [1.29, 1.82) is 0 Å². The number of nitrogens with one attached hydrogen (secondary N) is 2. The van der Waals surface area contributed by atoms with E-state index in [0.717, 1.165) is 77.2 Å². The highest BCUT2D eigenvalue weighted by molar-refractivity contribution is 6.02. The molecule has 2 aliphatic heterocycles. The first-order valence-corrected chi connectivity index (χ1v) is 20.3. The standard InChI is InChI=1S/C46H52N6O5/c1-27(35-7-5-19-47-24-35)50-45(54)43-34-18-17-33(21-34)42(43)38-22-36(25-48-38)31-11-9-29(10-12-31)30-13-15-32(16-14-30)39-26-49-44(51-39)40-8-6-20-52(40)46(55)37(28(2)56-3)23-41(53)57-4/h5,7,9-16,19,24-28,33-34,37,40,42-43H,6,8,17-18,20-23H2,1-4H3,(H,49,51)(H,50,54)/t27-,28-,33?,34?,37+,40+,42?,43+/m1/s1. The number of rotatable bonds is 13. The quantitative estimate of drug-likeness (QED) is 0.133. The van der Waals surface area contributed by atoms with Crippen molar-refractivity contribution in [3.05, 3.63) is 102 Å². The maximum atomic E-state index is 13.7. The molecule has 2 saturated carbocycles. The molecule has 2 aromatic carbocycles. The summed E-state index contributed by atoms with van der Waals surface area (Å²) in [5.41, 5.74) is 8.63. The Kier molecular flexibility index (Phi) is 11.2. The van der Waals surface area contributed by atoms with Crippen LogP contribution in [0.25, 0.3) is 28.0 Å². The van der Waals surface area contributed by atoms with E-state index in [9.17, 15) is 14.4 Å². The molecule has 2 bridgehead atoms. The number of fused-ring (bicyclic) bond motifs is 2. The Labute approximate surface area is 334 Å². The van der Waals surface area contributed by atoms with Crippen LogP contribution in [0.1, 0.15) is 87.8 Å². The Morgan fingerprint density at radius 2 is 1.63 bits per heavy atom. The molecule has 2 N–H and O–H groups in total. The summed E-state index contributed by atoms with van der Waals surface area (Å²) in [6.45, 7) is 4.44. The molecule has 11 nitrogen and oxygen atoms in total. The maximum absolute atomic E-state index is 13.7. The summed E-state index contributed by atoms with van der Waals surface area (Å²) in [6.07, 6.45) is 12.8. The van der Waals surface area contributed by atoms with Gasteiger partial charge >= 0.3 is 5.97 Å². The van der Waals surface area contributed by atoms with E-state index in [-0.39, 0.29) is 42.2 Å². The van der Waals surface area contributed by atoms with E-state index < -0.39 is 18.0 Å². The molecule has 2 aliphatic carbocycles. The number of allylic oxidation sites excluding steroid dienone is 1. The Morgan fingerprint density at radius 3 is 2.33 bits per heavy atom. The smallest absolute Gasteiger partial charge is 0.306 e. The normalized spacial score (nSPS) is 24.1. The number of nitrogens with zero attached hydrogens (tertiary/aromatic N) is 4. The number of H-pyrrole nitrogens is 1. The van der Waals surface area contributed by atoms with Gasteiger partial charge in [-0.1, -0.05) is 54.6 Å². The molecule has 11 heteroatoms. The minimum atomic E-state index is -0.632. The maximum Gasteiger partial charge on any atom is 0.306 e. The van der Waals surface area contributed by atoms with Gasteiger partial charge in [-0.2, -0.15) is 0 Å². The lowest BCUT2D eigenvalue weighted by Crippen LogP contribution is -2.42. The van der Waals surface area contributed by atoms with E-state index in [4.69, 9.17) is 19.5 Å². The number of imidazole rings is 1. The van der Waals surface area contributed by atoms with Gasteiger partial charge in [0.25, 0.3) is 0 Å². The first-order chi connectivity index (χ1) is 27.7. The highest BCUT2D eigenvalue weighted by Crippen LogP contribution is 2.54. The second kappa shape index (κ2) is 16.6. The largest absolute Gasteiger partial charge is 0.469 e. The number of hydrogen-bond acceptors (Lipinski definition) is 8. The van der Waals surface area contributed by atoms with Gasteiger partial charge < -0.3 is 24.7 Å². The van der Waals surface area contributed by atoms with Crippen molar-refractivity contribution in [2.75, 3.05) is 20.8 Å². The molecule has 57 heavy (non-hydrogen) atoms. The van der Waals surface area contributed by atoms with Crippen molar-refractivity contribution in [1.82, 2.24) is 25.2 Å². The lowest BCUT2D eigenvalue weighted by atomic mass is 9.74. The number of esters is 1. The van der Waals surface area contributed by atoms with Crippen molar-refractivity contribution >= 4 is 29.1 Å². The number of carbonyl (C=O) groups excluding carboxylic acids is 3. The van der Waals surface area contributed by atoms with Gasteiger partial charge in [-0.3, -0.25) is 24.4 Å². The summed E-state index contributed by atoms with van der Waals surface area (Å²) < 4.78 is 10.3. The fourth-order valence-corrected chi connectivity index (χ4v) is 9.78. The van der Waals surface area contributed by atoms with Crippen molar-refractivity contribution in [3.63, 3.8) is 0 Å². The summed E-state index contributed by atoms with van der Waals surface area (Å²) in [5.74, 6) is 0.804. The Balaban J connectivity index is 0.893. The summed E-state index contributed by atoms with van der Waals surface area (Å²) >= 11 is 0. The van der Waals surface area contributed by atoms with E-state index in [1.807, 2.05) is 49.5 Å². The van der Waals surface area contributed by atoms with Gasteiger partial charge in [-0.25, -0.2) is 4.98 Å². The fourth-order valence-electron chi connectivity index (χ4n) is 9.78. The molecule has 4 heterocycles. The summed E-state index contributed by atoms with van der Waals surface area (Å²) in [6, 6.07) is 20.7. The number of pyridine rings is 1. The first kappa shape index (κ1) is 38.5. The zero-order valence-electron chi connectivity index (χ0n) is 33.2. The van der Waals surface area contributed by atoms with Crippen LogP contribution in [0.15, 0.2) is 90.4 Å². The molecule has 1 saturated heterocycles. The van der Waals surface area contributed by atoms with Gasteiger partial charge in [-0.05, 0) is 97.2 Å². The van der Waals surface area contributed by atoms with Crippen LogP contribution in [-0.4, -0.2) is 70.2 Å². The lowest BCUT2D eigenvalue weighted by molar-refractivity contribution is -0.151. The van der Waals surface area contributed by atoms with Crippen LogP contribution in [0, 0.1) is 29.6 Å². The molecule has 2 amide bonds. The van der Waals surface area contributed by atoms with Gasteiger partial charge in [0, 0.05) is 56.2 Å². The minimum absolute atomic E-state index is 0.0308. The number of ether oxygens (including phenoxy) is 2. The number of methoxy groups -OCH3 is 2. The molecular weight excluding hydrogens is 717 g/mol. The average Bonchev–Trinajstić information content (AvgIpc) is 4.11. The lowest BCUT2D eigenvalue weighted by Gasteiger charge is -2.31. The monoisotopic (exact) mass is 768 g/mol. The van der Waals surface area contributed by atoms with E-state index >= 15 is 0 Å². The molecule has 296 valence electrons. The van der Waals surface area contributed by atoms with Gasteiger partial charge in [0.2, 0.25) is 11.8 Å². The molecule has 3 unspecified atom stereocenters. The highest BCUT2D eigenvalue weighted by atomic mass is 16.5. The second-order valence-corrected chi connectivity index (χ2v) is 16.2. The zero-order valence-corrected chi connectivity index (χ0v) is 33.2. The van der Waals surface area contributed by atoms with E-state index in [1.54, 1.807) is 13.3 Å². The Hall–Kier alpha value is -5.42. The Morgan fingerprint density at radius 1 is 0.912 bits per heavy atom. The van der Waals surface area contributed by atoms with Crippen molar-refractivity contribution < 1.29 is 23.9 Å². The Bertz CT molecular complexity index is 2150. The van der Waals surface area contributed by atoms with Gasteiger partial charge in [0.15, 0.2) is 0 Å². The molecule has 4 aliphatic rings. The SMILES string of the molecule is COC(=O)C[C@H](C(=O)N1CCC[C@H]1c1ncc(-c2ccc(-c3ccc(C4=CN=C(C5C6CCC(C6)[C@@H]5C(=O)N[C@H](C)c5cccnc5)C4)cc3)cc2)[nH]1)[C@@H](C)OC. The second-order valence-electron chi connectivity index (χ2n) is 16.2. The number of likely N-dealkylation sites (tertiary alicyclic amines) is 1. The van der Waals surface area contributed by atoms with E-state index in [0.29, 0.717) is 18.4 Å². The van der Waals surface area contributed by atoms with Crippen LogP contribution in [-0.2, 0) is 23.9 Å². The third kappa shape index (κ3) is 7.82. The first-order valence-electron chi connectivity index (χ1n) is 20.3.